The van der Waals surface area contributed by atoms with Crippen LogP contribution in [0.1, 0.15) is 136 Å². The summed E-state index contributed by atoms with van der Waals surface area (Å²) in [6.45, 7) is 7.25. The minimum absolute atomic E-state index is 0.00826. The Morgan fingerprint density at radius 2 is 1.02 bits per heavy atom. The van der Waals surface area contributed by atoms with Gasteiger partial charge >= 0.3 is 5.97 Å². The predicted molar refractivity (Wildman–Crippen MR) is 436 cm³/mol. The third-order valence-corrected chi connectivity index (χ3v) is 20.4. The number of thioether (sulfide) groups is 1. The second-order valence-electron chi connectivity index (χ2n) is 29.5. The number of hydrogen-bond donors (Lipinski definition) is 22. The fourth-order valence-electron chi connectivity index (χ4n) is 13.2. The van der Waals surface area contributed by atoms with E-state index in [1.165, 1.54) is 41.0 Å². The van der Waals surface area contributed by atoms with E-state index < -0.39 is 180 Å². The number of amides is 14. The van der Waals surface area contributed by atoms with Crippen LogP contribution in [-0.2, 0) is 84.8 Å². The SMILES string of the molecule is CSCC[C@H](NC(=O)[C@H](CS)NC(=O)[C@H](CCCN=C(N)N)NC(=O)[C@H](CCCN=C(N)N)NC(=O)C1CCC(=O)N1)C(=O)N1CCC[C@H]1C(=O)N[C@@H](CC(C)C)C(=O)N[C@@H](Cc1cnc[nH]1)C(=O)N[C@@H](CO)C(=O)N[C@@H](CCCN=C(N)N)C(=O)N[C@H](C(=O)N[C@@H](C)C(=O)N[C@@H](Cc1ccccc1)C(=O)N1CCC[C@H]1C(=O)O)C(C)C. The van der Waals surface area contributed by atoms with Gasteiger partial charge in [-0.25, -0.2) is 9.78 Å². The molecule has 0 aliphatic carbocycles. The summed E-state index contributed by atoms with van der Waals surface area (Å²) in [6.07, 6.45) is 5.59. The Morgan fingerprint density at radius 1 is 0.547 bits per heavy atom. The summed E-state index contributed by atoms with van der Waals surface area (Å²) in [5, 5.41) is 52.1. The molecule has 5 rings (SSSR count). The molecular weight excluding hydrogens is 1560 g/mol. The molecular formula is C73H117N25O17S2. The predicted octanol–water partition coefficient (Wildman–Crippen LogP) is -6.57. The molecule has 4 heterocycles. The number of likely N-dealkylation sites (tertiary alicyclic amines) is 2. The van der Waals surface area contributed by atoms with E-state index in [-0.39, 0.29) is 158 Å². The number of hydrogen-bond acceptors (Lipinski definition) is 22. The number of aliphatic imine (C=N–C) groups is 3. The van der Waals surface area contributed by atoms with E-state index in [2.05, 4.69) is 101 Å². The molecule has 27 N–H and O–H groups in total. The standard InChI is InChI=1S/C73H117N25O17S2/c1-38(2)31-48(92-66(110)53-20-13-28-97(53)68(112)47(24-30-117-6)90-65(109)52(36-116)95-59(103)44(18-11-26-82-72(76)77)87-58(102)43(17-10-25-81-71(74)75)88-60(104)46-22-23-55(100)86-46)62(106)91-49(33-42-34-80-37-84-42)63(107)94-51(35-99)64(108)89-45(19-12-27-83-73(78)79)61(105)96-56(39(3)4)67(111)85-40(5)57(101)93-50(32-41-15-8-7-9-16-41)69(113)98-29-14-21-54(98)70(114)115/h7-9,15-16,34,37-40,43-54,56,99,116H,10-14,17-33,35-36H2,1-6H3,(H,80,84)(H,85,111)(H,86,100)(H,87,102)(H,88,104)(H,89,108)(H,90,109)(H,91,106)(H,92,110)(H,93,101)(H,94,107)(H,95,103)(H,96,105)(H,114,115)(H4,74,75,81)(H4,76,77,82)(H4,78,79,83)/t40-,43-,44-,45-,46?,47-,48-,49-,50-,51-,52-,53-,54-,56-/m0/s1. The zero-order valence-electron chi connectivity index (χ0n) is 66.8. The number of aliphatic hydroxyl groups is 1. The van der Waals surface area contributed by atoms with Crippen molar-refractivity contribution in [3.63, 3.8) is 0 Å². The number of carboxylic acids is 1. The van der Waals surface area contributed by atoms with E-state index in [1.807, 2.05) is 0 Å². The van der Waals surface area contributed by atoms with Crippen LogP contribution in [0.3, 0.4) is 0 Å². The summed E-state index contributed by atoms with van der Waals surface area (Å²) < 4.78 is 0. The molecule has 14 atom stereocenters. The Hall–Kier alpha value is -11.1. The molecule has 0 bridgehead atoms. The molecule has 3 saturated heterocycles. The van der Waals surface area contributed by atoms with Crippen LogP contribution in [0.15, 0.2) is 57.8 Å². The number of aliphatic carboxylic acids is 1. The molecule has 44 heteroatoms. The van der Waals surface area contributed by atoms with Gasteiger partial charge in [0.15, 0.2) is 17.9 Å². The van der Waals surface area contributed by atoms with Crippen molar-refractivity contribution in [2.45, 2.75) is 222 Å². The summed E-state index contributed by atoms with van der Waals surface area (Å²) in [5.74, 6) is -14.1. The number of rotatable bonds is 49. The molecule has 14 amide bonds. The normalized spacial score (nSPS) is 17.8. The minimum atomic E-state index is -1.82. The van der Waals surface area contributed by atoms with Crippen molar-refractivity contribution in [1.29, 1.82) is 0 Å². The van der Waals surface area contributed by atoms with Crippen molar-refractivity contribution < 1.29 is 82.1 Å². The highest BCUT2D eigenvalue weighted by Gasteiger charge is 2.43. The number of guanidine groups is 3. The molecule has 3 aliphatic heterocycles. The first-order chi connectivity index (χ1) is 55.5. The van der Waals surface area contributed by atoms with E-state index >= 15 is 0 Å². The van der Waals surface area contributed by atoms with Crippen LogP contribution in [0, 0.1) is 11.8 Å². The highest BCUT2D eigenvalue weighted by Crippen LogP contribution is 2.23. The van der Waals surface area contributed by atoms with Gasteiger partial charge in [0.2, 0.25) is 82.7 Å². The maximum atomic E-state index is 14.8. The Bertz CT molecular complexity index is 3810. The number of nitrogens with two attached hydrogens (primary N) is 6. The number of aliphatic hydroxyl groups excluding tert-OH is 1. The van der Waals surface area contributed by atoms with Gasteiger partial charge in [-0.2, -0.15) is 24.4 Å². The average molecular weight is 1680 g/mol. The molecule has 1 unspecified atom stereocenters. The zero-order chi connectivity index (χ0) is 86.6. The number of aromatic nitrogens is 2. The van der Waals surface area contributed by atoms with Gasteiger partial charge in [0.25, 0.3) is 0 Å². The number of nitrogens with zero attached hydrogens (tertiary/aromatic N) is 6. The van der Waals surface area contributed by atoms with Crippen molar-refractivity contribution in [2.24, 2.45) is 61.2 Å². The van der Waals surface area contributed by atoms with Gasteiger partial charge in [-0.15, -0.1) is 0 Å². The molecule has 117 heavy (non-hydrogen) atoms. The summed E-state index contributed by atoms with van der Waals surface area (Å²) >= 11 is 5.72. The van der Waals surface area contributed by atoms with Crippen LogP contribution in [0.5, 0.6) is 0 Å². The second kappa shape index (κ2) is 49.1. The van der Waals surface area contributed by atoms with Crippen LogP contribution in [0.4, 0.5) is 0 Å². The van der Waals surface area contributed by atoms with Gasteiger partial charge in [-0.1, -0.05) is 58.0 Å². The molecule has 0 spiro atoms. The third kappa shape index (κ3) is 32.2. The van der Waals surface area contributed by atoms with E-state index in [0.29, 0.717) is 29.9 Å². The summed E-state index contributed by atoms with van der Waals surface area (Å²) in [5.41, 5.74) is 34.2. The van der Waals surface area contributed by atoms with Crippen molar-refractivity contribution in [3.05, 3.63) is 54.1 Å². The molecule has 0 saturated carbocycles. The van der Waals surface area contributed by atoms with Crippen LogP contribution in [0.2, 0.25) is 0 Å². The molecule has 42 nitrogen and oxygen atoms in total. The van der Waals surface area contributed by atoms with Gasteiger partial charge in [-0.3, -0.25) is 82.1 Å². The topological polar surface area (TPSA) is 669 Å². The lowest BCUT2D eigenvalue weighted by molar-refractivity contribution is -0.149. The Morgan fingerprint density at radius 3 is 1.52 bits per heavy atom. The summed E-state index contributed by atoms with van der Waals surface area (Å²) in [7, 11) is 0. The van der Waals surface area contributed by atoms with Gasteiger partial charge in [-0.05, 0) is 120 Å². The van der Waals surface area contributed by atoms with Crippen LogP contribution in [0.25, 0.3) is 0 Å². The largest absolute Gasteiger partial charge is 0.480 e. The highest BCUT2D eigenvalue weighted by atomic mass is 32.2. The summed E-state index contributed by atoms with van der Waals surface area (Å²) in [6, 6.07) is -10.1. The lowest BCUT2D eigenvalue weighted by atomic mass is 10.0. The number of aromatic amines is 1. The number of imidazole rings is 1. The van der Waals surface area contributed by atoms with E-state index in [9.17, 15) is 82.1 Å². The maximum absolute atomic E-state index is 14.8. The van der Waals surface area contributed by atoms with Crippen LogP contribution in [-0.4, -0.2) is 278 Å². The number of H-pyrrole nitrogens is 1. The molecule has 1 aromatic heterocycles. The van der Waals surface area contributed by atoms with Crippen molar-refractivity contribution in [2.75, 3.05) is 57.1 Å². The van der Waals surface area contributed by atoms with E-state index in [0.717, 1.165) is 0 Å². The summed E-state index contributed by atoms with van der Waals surface area (Å²) in [4.78, 5) is 231. The van der Waals surface area contributed by atoms with E-state index in [1.54, 1.807) is 64.3 Å². The maximum Gasteiger partial charge on any atom is 0.326 e. The fourth-order valence-corrected chi connectivity index (χ4v) is 13.9. The molecule has 3 fully saturated rings. The molecule has 3 aliphatic rings. The smallest absolute Gasteiger partial charge is 0.326 e. The average Bonchev–Trinajstić information content (AvgIpc) is 1.77. The van der Waals surface area contributed by atoms with Crippen molar-refractivity contribution >= 4 is 131 Å². The van der Waals surface area contributed by atoms with Gasteiger partial charge < -0.3 is 123 Å². The van der Waals surface area contributed by atoms with Crippen molar-refractivity contribution in [1.82, 2.24) is 83.6 Å². The first-order valence-corrected chi connectivity index (χ1v) is 40.9. The lowest BCUT2D eigenvalue weighted by Gasteiger charge is -2.31. The Kier molecular flexibility index (Phi) is 40.5. The zero-order valence-corrected chi connectivity index (χ0v) is 68.5. The van der Waals surface area contributed by atoms with Gasteiger partial charge in [0.05, 0.1) is 12.9 Å². The molecule has 1 aromatic carbocycles. The minimum Gasteiger partial charge on any atom is -0.480 e. The molecule has 648 valence electrons. The number of nitrogens with one attached hydrogen (secondary N) is 13. The Labute approximate surface area is 687 Å². The first kappa shape index (κ1) is 96.5. The van der Waals surface area contributed by atoms with E-state index in [4.69, 9.17) is 34.4 Å². The highest BCUT2D eigenvalue weighted by molar-refractivity contribution is 7.98. The number of carbonyl (C=O) groups excluding carboxylic acids is 14. The third-order valence-electron chi connectivity index (χ3n) is 19.4. The number of benzene rings is 1. The Balaban J connectivity index is 1.30. The van der Waals surface area contributed by atoms with Gasteiger partial charge in [0, 0.05) is 69.6 Å². The number of thiol groups is 1. The quantitative estimate of drug-likeness (QED) is 0.0127. The number of carboxylic acid groups (broad SMARTS) is 1. The van der Waals surface area contributed by atoms with Crippen LogP contribution < -0.4 is 98.2 Å². The van der Waals surface area contributed by atoms with Crippen LogP contribution >= 0.6 is 24.4 Å². The van der Waals surface area contributed by atoms with Crippen molar-refractivity contribution in [3.8, 4) is 0 Å². The lowest BCUT2D eigenvalue weighted by Crippen LogP contribution is -2.61. The monoisotopic (exact) mass is 1680 g/mol. The second-order valence-corrected chi connectivity index (χ2v) is 30.8. The first-order valence-electron chi connectivity index (χ1n) is 38.9. The fraction of sp³-hybridized carbons (Fsp3) is 0.630. The molecule has 2 aromatic rings. The molecule has 0 radical (unpaired) electrons. The number of carbonyl (C=O) groups is 15. The van der Waals surface area contributed by atoms with Gasteiger partial charge in [0.1, 0.15) is 84.6 Å².